The van der Waals surface area contributed by atoms with Crippen LogP contribution in [0.4, 0.5) is 4.39 Å². The summed E-state index contributed by atoms with van der Waals surface area (Å²) in [7, 11) is 0. The second-order valence-electron chi connectivity index (χ2n) is 4.86. The quantitative estimate of drug-likeness (QED) is 0.879. The predicted molar refractivity (Wildman–Crippen MR) is 84.6 cm³/mol. The maximum Gasteiger partial charge on any atom is 0.145 e. The molecule has 0 amide bonds. The van der Waals surface area contributed by atoms with Crippen molar-refractivity contribution in [1.29, 1.82) is 0 Å². The molecule has 112 valence electrons. The number of hydrogen-bond donors (Lipinski definition) is 1. The molecule has 0 saturated heterocycles. The highest BCUT2D eigenvalue weighted by Crippen LogP contribution is 2.22. The molecule has 0 spiro atoms. The van der Waals surface area contributed by atoms with E-state index in [1.807, 2.05) is 6.92 Å². The molecule has 5 heteroatoms. The monoisotopic (exact) mass is 327 g/mol. The lowest BCUT2D eigenvalue weighted by molar-refractivity contribution is 0.188. The van der Waals surface area contributed by atoms with E-state index in [-0.39, 0.29) is 17.2 Å². The molecule has 2 nitrogen and oxygen atoms in total. The number of halogens is 3. The molecule has 0 aliphatic rings. The lowest BCUT2D eigenvalue weighted by Crippen LogP contribution is -2.38. The first-order chi connectivity index (χ1) is 9.97. The van der Waals surface area contributed by atoms with Crippen molar-refractivity contribution in [2.75, 3.05) is 0 Å². The lowest BCUT2D eigenvalue weighted by atomic mass is 10.0. The number of nitrogens with two attached hydrogens (primary N) is 1. The SMILES string of the molecule is CC(Oc1cccc(Cl)c1)C(N)Cc1cccc(Cl)c1F. The van der Waals surface area contributed by atoms with Crippen LogP contribution in [-0.4, -0.2) is 12.1 Å². The van der Waals surface area contributed by atoms with Gasteiger partial charge in [0.25, 0.3) is 0 Å². The van der Waals surface area contributed by atoms with Crippen molar-refractivity contribution in [2.45, 2.75) is 25.5 Å². The third-order valence-corrected chi connectivity index (χ3v) is 3.74. The van der Waals surface area contributed by atoms with Gasteiger partial charge in [0, 0.05) is 11.1 Å². The largest absolute Gasteiger partial charge is 0.489 e. The standard InChI is InChI=1S/C16H16Cl2FNO/c1-10(21-13-6-3-5-12(17)9-13)15(20)8-11-4-2-7-14(18)16(11)19/h2-7,9-10,15H,8,20H2,1H3. The molecule has 0 aliphatic carbocycles. The van der Waals surface area contributed by atoms with Crippen LogP contribution in [0, 0.1) is 5.82 Å². The van der Waals surface area contributed by atoms with Crippen LogP contribution in [0.2, 0.25) is 10.0 Å². The number of rotatable bonds is 5. The second kappa shape index (κ2) is 7.12. The van der Waals surface area contributed by atoms with Gasteiger partial charge in [-0.3, -0.25) is 0 Å². The Morgan fingerprint density at radius 2 is 1.90 bits per heavy atom. The zero-order valence-electron chi connectivity index (χ0n) is 11.5. The van der Waals surface area contributed by atoms with Crippen molar-refractivity contribution in [2.24, 2.45) is 5.73 Å². The molecule has 2 aromatic carbocycles. The molecule has 0 heterocycles. The van der Waals surface area contributed by atoms with Gasteiger partial charge in [-0.25, -0.2) is 4.39 Å². The van der Waals surface area contributed by atoms with E-state index in [0.29, 0.717) is 22.8 Å². The Labute approximate surface area is 133 Å². The average molecular weight is 328 g/mol. The fourth-order valence-electron chi connectivity index (χ4n) is 1.97. The van der Waals surface area contributed by atoms with E-state index < -0.39 is 5.82 Å². The van der Waals surface area contributed by atoms with Crippen molar-refractivity contribution in [3.05, 3.63) is 63.9 Å². The first kappa shape index (κ1) is 16.1. The van der Waals surface area contributed by atoms with Crippen LogP contribution < -0.4 is 10.5 Å². The van der Waals surface area contributed by atoms with Gasteiger partial charge in [0.15, 0.2) is 0 Å². The van der Waals surface area contributed by atoms with E-state index in [1.54, 1.807) is 36.4 Å². The van der Waals surface area contributed by atoms with Crippen LogP contribution >= 0.6 is 23.2 Å². The van der Waals surface area contributed by atoms with Crippen LogP contribution in [0.3, 0.4) is 0 Å². The van der Waals surface area contributed by atoms with Crippen molar-refractivity contribution in [3.63, 3.8) is 0 Å². The Morgan fingerprint density at radius 1 is 1.19 bits per heavy atom. The predicted octanol–water partition coefficient (Wildman–Crippen LogP) is 4.47. The van der Waals surface area contributed by atoms with Gasteiger partial charge in [-0.05, 0) is 43.2 Å². The molecule has 2 aromatic rings. The Morgan fingerprint density at radius 3 is 2.62 bits per heavy atom. The molecule has 0 aromatic heterocycles. The summed E-state index contributed by atoms with van der Waals surface area (Å²) in [4.78, 5) is 0. The van der Waals surface area contributed by atoms with E-state index in [2.05, 4.69) is 0 Å². The number of ether oxygens (including phenoxy) is 1. The van der Waals surface area contributed by atoms with Crippen molar-refractivity contribution >= 4 is 23.2 Å². The molecule has 0 saturated carbocycles. The zero-order valence-corrected chi connectivity index (χ0v) is 13.0. The molecule has 0 bridgehead atoms. The minimum Gasteiger partial charge on any atom is -0.489 e. The minimum atomic E-state index is -0.426. The molecule has 0 fully saturated rings. The summed E-state index contributed by atoms with van der Waals surface area (Å²) in [5, 5.41) is 0.692. The van der Waals surface area contributed by atoms with Gasteiger partial charge in [0.1, 0.15) is 17.7 Å². The molecule has 2 N–H and O–H groups in total. The molecular weight excluding hydrogens is 312 g/mol. The normalized spacial score (nSPS) is 13.8. The van der Waals surface area contributed by atoms with Crippen LogP contribution in [0.25, 0.3) is 0 Å². The Balaban J connectivity index is 2.02. The average Bonchev–Trinajstić information content (AvgIpc) is 2.44. The van der Waals surface area contributed by atoms with Gasteiger partial charge < -0.3 is 10.5 Å². The molecule has 0 aliphatic heterocycles. The summed E-state index contributed by atoms with van der Waals surface area (Å²) in [6.07, 6.45) is 0.0514. The van der Waals surface area contributed by atoms with Crippen molar-refractivity contribution in [1.82, 2.24) is 0 Å². The minimum absolute atomic E-state index is 0.100. The summed E-state index contributed by atoms with van der Waals surface area (Å²) in [6, 6.07) is 11.6. The van der Waals surface area contributed by atoms with Crippen LogP contribution in [-0.2, 0) is 6.42 Å². The Kier molecular flexibility index (Phi) is 5.45. The summed E-state index contributed by atoms with van der Waals surface area (Å²) in [5.74, 6) is 0.210. The van der Waals surface area contributed by atoms with E-state index in [0.717, 1.165) is 0 Å². The van der Waals surface area contributed by atoms with Crippen molar-refractivity contribution in [3.8, 4) is 5.75 Å². The first-order valence-electron chi connectivity index (χ1n) is 6.58. The fraction of sp³-hybridized carbons (Fsp3) is 0.250. The molecule has 2 unspecified atom stereocenters. The summed E-state index contributed by atoms with van der Waals surface area (Å²) < 4.78 is 19.6. The van der Waals surface area contributed by atoms with Gasteiger partial charge in [-0.2, -0.15) is 0 Å². The smallest absolute Gasteiger partial charge is 0.145 e. The Hall–Kier alpha value is -1.29. The lowest BCUT2D eigenvalue weighted by Gasteiger charge is -2.22. The van der Waals surface area contributed by atoms with E-state index in [4.69, 9.17) is 33.7 Å². The van der Waals surface area contributed by atoms with E-state index in [1.165, 1.54) is 6.07 Å². The van der Waals surface area contributed by atoms with E-state index in [9.17, 15) is 4.39 Å². The maximum atomic E-state index is 13.9. The highest BCUT2D eigenvalue weighted by molar-refractivity contribution is 6.31. The second-order valence-corrected chi connectivity index (χ2v) is 5.70. The van der Waals surface area contributed by atoms with Crippen LogP contribution in [0.1, 0.15) is 12.5 Å². The topological polar surface area (TPSA) is 35.2 Å². The zero-order chi connectivity index (χ0) is 15.4. The number of benzene rings is 2. The van der Waals surface area contributed by atoms with Crippen LogP contribution in [0.5, 0.6) is 5.75 Å². The first-order valence-corrected chi connectivity index (χ1v) is 7.33. The molecule has 21 heavy (non-hydrogen) atoms. The highest BCUT2D eigenvalue weighted by Gasteiger charge is 2.18. The summed E-state index contributed by atoms with van der Waals surface area (Å²) in [6.45, 7) is 1.84. The van der Waals surface area contributed by atoms with Gasteiger partial charge in [-0.15, -0.1) is 0 Å². The molecular formula is C16H16Cl2FNO. The summed E-state index contributed by atoms with van der Waals surface area (Å²) in [5.41, 5.74) is 6.57. The van der Waals surface area contributed by atoms with Gasteiger partial charge in [0.05, 0.1) is 5.02 Å². The maximum absolute atomic E-state index is 13.9. The van der Waals surface area contributed by atoms with Gasteiger partial charge >= 0.3 is 0 Å². The van der Waals surface area contributed by atoms with Gasteiger partial charge in [-0.1, -0.05) is 41.4 Å². The Bertz CT molecular complexity index is 621. The molecule has 2 atom stereocenters. The molecule has 0 radical (unpaired) electrons. The number of hydrogen-bond acceptors (Lipinski definition) is 2. The van der Waals surface area contributed by atoms with Gasteiger partial charge in [0.2, 0.25) is 0 Å². The summed E-state index contributed by atoms with van der Waals surface area (Å²) >= 11 is 11.7. The highest BCUT2D eigenvalue weighted by atomic mass is 35.5. The van der Waals surface area contributed by atoms with E-state index >= 15 is 0 Å². The van der Waals surface area contributed by atoms with Crippen molar-refractivity contribution < 1.29 is 9.13 Å². The fourth-order valence-corrected chi connectivity index (χ4v) is 2.34. The van der Waals surface area contributed by atoms with Crippen LogP contribution in [0.15, 0.2) is 42.5 Å². The third kappa shape index (κ3) is 4.34. The molecule has 2 rings (SSSR count). The third-order valence-electron chi connectivity index (χ3n) is 3.21.